The molecule has 0 bridgehead atoms. The largest absolute Gasteiger partial charge is 0.480 e. The van der Waals surface area contributed by atoms with Crippen molar-refractivity contribution in [3.63, 3.8) is 0 Å². The van der Waals surface area contributed by atoms with Gasteiger partial charge in [0.25, 0.3) is 0 Å². The minimum absolute atomic E-state index is 0.0166. The van der Waals surface area contributed by atoms with Crippen LogP contribution in [0.1, 0.15) is 37.8 Å². The van der Waals surface area contributed by atoms with Gasteiger partial charge in [-0.2, -0.15) is 5.48 Å². The predicted octanol–water partition coefficient (Wildman–Crippen LogP) is 2.55. The van der Waals surface area contributed by atoms with Gasteiger partial charge in [0.15, 0.2) is 6.61 Å². The first-order chi connectivity index (χ1) is 17.0. The zero-order chi connectivity index (χ0) is 26.3. The molecule has 1 aliphatic rings. The Balaban J connectivity index is 1.46. The second-order valence-electron chi connectivity index (χ2n) is 9.06. The molecule has 0 radical (unpaired) electrons. The number of hydrogen-bond donors (Lipinski definition) is 4. The second kappa shape index (κ2) is 11.5. The number of fused-ring (bicyclic) bond motifs is 3. The number of carboxylic acid groups (broad SMARTS) is 1. The van der Waals surface area contributed by atoms with Gasteiger partial charge in [-0.3, -0.25) is 9.63 Å². The number of amides is 3. The van der Waals surface area contributed by atoms with Gasteiger partial charge in [0.2, 0.25) is 5.91 Å². The number of hydroxylamine groups is 1. The van der Waals surface area contributed by atoms with E-state index in [1.54, 1.807) is 20.8 Å². The fourth-order valence-corrected chi connectivity index (χ4v) is 3.71. The van der Waals surface area contributed by atoms with Gasteiger partial charge in [-0.05, 0) is 43.0 Å². The molecule has 192 valence electrons. The molecule has 36 heavy (non-hydrogen) atoms. The molecule has 0 saturated carbocycles. The van der Waals surface area contributed by atoms with Crippen molar-refractivity contribution in [3.8, 4) is 11.1 Å². The van der Waals surface area contributed by atoms with Gasteiger partial charge in [-0.1, -0.05) is 48.5 Å². The number of alkyl carbamates (subject to hydrolysis) is 1. The number of ether oxygens (including phenoxy) is 2. The lowest BCUT2D eigenvalue weighted by Gasteiger charge is -2.19. The highest BCUT2D eigenvalue weighted by Gasteiger charge is 2.30. The van der Waals surface area contributed by atoms with Crippen molar-refractivity contribution in [2.24, 2.45) is 0 Å². The van der Waals surface area contributed by atoms with Crippen molar-refractivity contribution in [1.82, 2.24) is 16.1 Å². The second-order valence-corrected chi connectivity index (χ2v) is 9.06. The Hall–Kier alpha value is -4.12. The molecule has 4 N–H and O–H groups in total. The number of rotatable bonds is 9. The summed E-state index contributed by atoms with van der Waals surface area (Å²) in [5, 5.41) is 14.0. The summed E-state index contributed by atoms with van der Waals surface area (Å²) in [6.45, 7) is 3.99. The monoisotopic (exact) mass is 499 g/mol. The van der Waals surface area contributed by atoms with E-state index in [1.807, 2.05) is 54.0 Å². The van der Waals surface area contributed by atoms with E-state index in [2.05, 4.69) is 10.6 Å². The molecule has 11 nitrogen and oxygen atoms in total. The molecule has 0 heterocycles. The number of hydrogen-bond acceptors (Lipinski definition) is 7. The SMILES string of the molecule is CC(C)(C)OC(=O)NOCC(=O)NCC(NC(=O)OCC1c2ccccc2-c2ccccc21)C(=O)O. The van der Waals surface area contributed by atoms with Crippen molar-refractivity contribution < 1.29 is 38.6 Å². The van der Waals surface area contributed by atoms with Crippen LogP contribution in [-0.2, 0) is 23.9 Å². The highest BCUT2D eigenvalue weighted by molar-refractivity contribution is 5.83. The summed E-state index contributed by atoms with van der Waals surface area (Å²) < 4.78 is 10.3. The Morgan fingerprint density at radius 2 is 1.53 bits per heavy atom. The van der Waals surface area contributed by atoms with Crippen molar-refractivity contribution in [2.75, 3.05) is 19.8 Å². The average molecular weight is 500 g/mol. The number of carboxylic acids is 1. The molecule has 3 rings (SSSR count). The van der Waals surface area contributed by atoms with E-state index in [9.17, 15) is 24.3 Å². The smallest absolute Gasteiger partial charge is 0.431 e. The molecular weight excluding hydrogens is 470 g/mol. The van der Waals surface area contributed by atoms with Crippen LogP contribution in [0.5, 0.6) is 0 Å². The Bertz CT molecular complexity index is 1080. The molecule has 3 amide bonds. The fourth-order valence-electron chi connectivity index (χ4n) is 3.71. The lowest BCUT2D eigenvalue weighted by molar-refractivity contribution is -0.139. The standard InChI is InChI=1S/C25H29N3O8/c1-25(2,3)36-24(33)28-35-14-21(29)26-12-20(22(30)31)27-23(32)34-13-19-17-10-6-4-8-15(17)16-9-5-7-11-18(16)19/h4-11,19-20H,12-14H2,1-3H3,(H,26,29)(H,27,32)(H,28,33)(H,30,31). The maximum Gasteiger partial charge on any atom is 0.431 e. The maximum absolute atomic E-state index is 12.3. The van der Waals surface area contributed by atoms with E-state index in [1.165, 1.54) is 0 Å². The number of carbonyl (C=O) groups is 4. The summed E-state index contributed by atoms with van der Waals surface area (Å²) in [5.74, 6) is -2.26. The molecule has 0 spiro atoms. The van der Waals surface area contributed by atoms with Crippen molar-refractivity contribution in [2.45, 2.75) is 38.3 Å². The zero-order valence-electron chi connectivity index (χ0n) is 20.2. The van der Waals surface area contributed by atoms with Crippen LogP contribution < -0.4 is 16.1 Å². The molecule has 0 aromatic heterocycles. The van der Waals surface area contributed by atoms with E-state index in [0.29, 0.717) is 0 Å². The first-order valence-electron chi connectivity index (χ1n) is 11.3. The normalized spacial score (nSPS) is 13.1. The summed E-state index contributed by atoms with van der Waals surface area (Å²) in [6, 6.07) is 14.2. The number of benzene rings is 2. The van der Waals surface area contributed by atoms with Crippen molar-refractivity contribution in [3.05, 3.63) is 59.7 Å². The Morgan fingerprint density at radius 1 is 0.944 bits per heavy atom. The van der Waals surface area contributed by atoms with E-state index in [0.717, 1.165) is 22.3 Å². The van der Waals surface area contributed by atoms with Crippen LogP contribution in [0.25, 0.3) is 11.1 Å². The van der Waals surface area contributed by atoms with Crippen LogP contribution in [0.3, 0.4) is 0 Å². The Morgan fingerprint density at radius 3 is 2.08 bits per heavy atom. The lowest BCUT2D eigenvalue weighted by Crippen LogP contribution is -2.49. The zero-order valence-corrected chi connectivity index (χ0v) is 20.2. The number of carbonyl (C=O) groups excluding carboxylic acids is 3. The molecule has 11 heteroatoms. The molecule has 0 aliphatic heterocycles. The molecule has 1 unspecified atom stereocenters. The quantitative estimate of drug-likeness (QED) is 0.384. The van der Waals surface area contributed by atoms with Crippen LogP contribution in [0.4, 0.5) is 9.59 Å². The molecule has 1 atom stereocenters. The molecule has 1 aliphatic carbocycles. The summed E-state index contributed by atoms with van der Waals surface area (Å²) >= 11 is 0. The van der Waals surface area contributed by atoms with E-state index in [-0.39, 0.29) is 12.5 Å². The van der Waals surface area contributed by atoms with Gasteiger partial charge in [0, 0.05) is 12.5 Å². The van der Waals surface area contributed by atoms with Crippen LogP contribution in [-0.4, -0.2) is 60.6 Å². The van der Waals surface area contributed by atoms with Crippen LogP contribution in [0.2, 0.25) is 0 Å². The topological polar surface area (TPSA) is 152 Å². The predicted molar refractivity (Wildman–Crippen MR) is 128 cm³/mol. The van der Waals surface area contributed by atoms with Crippen molar-refractivity contribution >= 4 is 24.1 Å². The highest BCUT2D eigenvalue weighted by Crippen LogP contribution is 2.44. The summed E-state index contributed by atoms with van der Waals surface area (Å²) in [4.78, 5) is 52.0. The van der Waals surface area contributed by atoms with Crippen LogP contribution in [0, 0.1) is 0 Å². The maximum atomic E-state index is 12.3. The van der Waals surface area contributed by atoms with Gasteiger partial charge in [0.1, 0.15) is 18.2 Å². The Labute approximate surface area is 208 Å². The molecule has 0 fully saturated rings. The first kappa shape index (κ1) is 26.5. The number of nitrogens with one attached hydrogen (secondary N) is 3. The fraction of sp³-hybridized carbons (Fsp3) is 0.360. The van der Waals surface area contributed by atoms with E-state index >= 15 is 0 Å². The number of aliphatic carboxylic acids is 1. The molecular formula is C25H29N3O8. The highest BCUT2D eigenvalue weighted by atomic mass is 16.7. The van der Waals surface area contributed by atoms with Crippen molar-refractivity contribution in [1.29, 1.82) is 0 Å². The van der Waals surface area contributed by atoms with E-state index in [4.69, 9.17) is 14.3 Å². The first-order valence-corrected chi connectivity index (χ1v) is 11.3. The Kier molecular flexibility index (Phi) is 8.49. The third kappa shape index (κ3) is 7.19. The van der Waals surface area contributed by atoms with Gasteiger partial charge in [0.05, 0.1) is 0 Å². The van der Waals surface area contributed by atoms with E-state index < -0.39 is 48.9 Å². The molecule has 2 aromatic rings. The third-order valence-electron chi connectivity index (χ3n) is 5.19. The lowest BCUT2D eigenvalue weighted by atomic mass is 9.98. The average Bonchev–Trinajstić information content (AvgIpc) is 3.13. The summed E-state index contributed by atoms with van der Waals surface area (Å²) in [7, 11) is 0. The third-order valence-corrected chi connectivity index (χ3v) is 5.19. The van der Waals surface area contributed by atoms with Gasteiger partial charge in [-0.15, -0.1) is 0 Å². The summed E-state index contributed by atoms with van der Waals surface area (Å²) in [6.07, 6.45) is -1.81. The van der Waals surface area contributed by atoms with Gasteiger partial charge in [-0.25, -0.2) is 14.4 Å². The van der Waals surface area contributed by atoms with Gasteiger partial charge >= 0.3 is 18.2 Å². The minimum atomic E-state index is -1.44. The van der Waals surface area contributed by atoms with Gasteiger partial charge < -0.3 is 25.2 Å². The minimum Gasteiger partial charge on any atom is -0.480 e. The molecule has 2 aromatic carbocycles. The molecule has 0 saturated heterocycles. The summed E-state index contributed by atoms with van der Waals surface area (Å²) in [5.41, 5.74) is 5.38. The van der Waals surface area contributed by atoms with Crippen LogP contribution >= 0.6 is 0 Å². The van der Waals surface area contributed by atoms with Crippen LogP contribution in [0.15, 0.2) is 48.5 Å².